The molecule has 0 amide bonds. The Labute approximate surface area is 98.1 Å². The van der Waals surface area contributed by atoms with Crippen LogP contribution in [-0.2, 0) is 0 Å². The molecule has 1 aromatic heterocycles. The summed E-state index contributed by atoms with van der Waals surface area (Å²) in [5.74, 6) is -0.911. The number of carboxylic acids is 1. The lowest BCUT2D eigenvalue weighted by Gasteiger charge is -2.29. The molecule has 2 N–H and O–H groups in total. The van der Waals surface area contributed by atoms with Crippen molar-refractivity contribution in [3.8, 4) is 0 Å². The van der Waals surface area contributed by atoms with Crippen LogP contribution >= 0.6 is 11.3 Å². The molecule has 0 aromatic carbocycles. The molecule has 1 saturated heterocycles. The molecular formula is C10H15N3O2S. The highest BCUT2D eigenvalue weighted by Gasteiger charge is 2.18. The van der Waals surface area contributed by atoms with Crippen molar-refractivity contribution >= 4 is 22.4 Å². The number of hydrogen-bond donors (Lipinski definition) is 2. The normalized spacial score (nSPS) is 21.9. The number of nitrogens with one attached hydrogen (secondary N) is 1. The Hall–Kier alpha value is -1.14. The third-order valence-electron chi connectivity index (χ3n) is 2.67. The molecule has 0 radical (unpaired) electrons. The number of piperidine rings is 1. The number of thiazole rings is 1. The zero-order valence-corrected chi connectivity index (χ0v) is 9.96. The van der Waals surface area contributed by atoms with Gasteiger partial charge in [0.05, 0.1) is 6.20 Å². The largest absolute Gasteiger partial charge is 0.477 e. The number of rotatable bonds is 3. The van der Waals surface area contributed by atoms with E-state index in [4.69, 9.17) is 5.11 Å². The van der Waals surface area contributed by atoms with Crippen LogP contribution in [0.1, 0.15) is 22.5 Å². The maximum atomic E-state index is 10.7. The monoisotopic (exact) mass is 241 g/mol. The molecule has 5 nitrogen and oxygen atoms in total. The summed E-state index contributed by atoms with van der Waals surface area (Å²) in [6.07, 6.45) is 3.69. The first-order valence-electron chi connectivity index (χ1n) is 5.29. The van der Waals surface area contributed by atoms with Crippen molar-refractivity contribution in [2.45, 2.75) is 18.9 Å². The average molecular weight is 241 g/mol. The summed E-state index contributed by atoms with van der Waals surface area (Å²) in [4.78, 5) is 17.3. The van der Waals surface area contributed by atoms with Gasteiger partial charge in [0.2, 0.25) is 0 Å². The molecule has 2 rings (SSSR count). The number of carbonyl (C=O) groups is 1. The lowest BCUT2D eigenvalue weighted by molar-refractivity contribution is 0.0702. The summed E-state index contributed by atoms with van der Waals surface area (Å²) in [5, 5.41) is 12.8. The Morgan fingerprint density at radius 1 is 1.75 bits per heavy atom. The van der Waals surface area contributed by atoms with Crippen LogP contribution in [0.4, 0.5) is 5.13 Å². The highest BCUT2D eigenvalue weighted by atomic mass is 32.1. The minimum Gasteiger partial charge on any atom is -0.477 e. The molecule has 1 fully saturated rings. The van der Waals surface area contributed by atoms with Crippen LogP contribution in [0.5, 0.6) is 0 Å². The van der Waals surface area contributed by atoms with E-state index in [1.54, 1.807) is 0 Å². The van der Waals surface area contributed by atoms with E-state index in [1.807, 2.05) is 0 Å². The van der Waals surface area contributed by atoms with E-state index >= 15 is 0 Å². The first-order valence-corrected chi connectivity index (χ1v) is 6.11. The number of hydrogen-bond acceptors (Lipinski definition) is 5. The van der Waals surface area contributed by atoms with Gasteiger partial charge in [0.1, 0.15) is 4.88 Å². The van der Waals surface area contributed by atoms with Crippen LogP contribution in [0, 0.1) is 0 Å². The van der Waals surface area contributed by atoms with E-state index in [2.05, 4.69) is 22.2 Å². The minimum absolute atomic E-state index is 0.284. The Kier molecular flexibility index (Phi) is 3.40. The minimum atomic E-state index is -0.911. The van der Waals surface area contributed by atoms with Crippen LogP contribution in [0.2, 0.25) is 0 Å². The predicted molar refractivity (Wildman–Crippen MR) is 63.2 cm³/mol. The third kappa shape index (κ3) is 2.70. The van der Waals surface area contributed by atoms with Crippen molar-refractivity contribution < 1.29 is 9.90 Å². The first kappa shape index (κ1) is 11.3. The number of likely N-dealkylation sites (tertiary alicyclic amines) is 1. The topological polar surface area (TPSA) is 65.5 Å². The van der Waals surface area contributed by atoms with Gasteiger partial charge in [-0.2, -0.15) is 0 Å². The molecule has 1 aliphatic rings. The van der Waals surface area contributed by atoms with E-state index in [9.17, 15) is 4.79 Å². The lowest BCUT2D eigenvalue weighted by Crippen LogP contribution is -2.39. The molecule has 1 atom stereocenters. The van der Waals surface area contributed by atoms with Crippen molar-refractivity contribution in [1.29, 1.82) is 0 Å². The van der Waals surface area contributed by atoms with Gasteiger partial charge in [0, 0.05) is 12.6 Å². The summed E-state index contributed by atoms with van der Waals surface area (Å²) in [6, 6.07) is 0.381. The Bertz CT molecular complexity index is 380. The summed E-state index contributed by atoms with van der Waals surface area (Å²) in [6.45, 7) is 2.12. The van der Waals surface area contributed by atoms with E-state index in [1.165, 1.54) is 24.0 Å². The predicted octanol–water partition coefficient (Wildman–Crippen LogP) is 1.35. The van der Waals surface area contributed by atoms with Gasteiger partial charge in [0.25, 0.3) is 0 Å². The molecule has 2 heterocycles. The Balaban J connectivity index is 1.95. The standard InChI is InChI=1S/C10H15N3O2S/c1-13-4-2-3-7(6-13)12-10-11-5-8(16-10)9(14)15/h5,7H,2-4,6H2,1H3,(H,11,12)(H,14,15). The molecule has 0 aliphatic carbocycles. The number of carboxylic acid groups (broad SMARTS) is 1. The van der Waals surface area contributed by atoms with Crippen LogP contribution in [0.25, 0.3) is 0 Å². The maximum absolute atomic E-state index is 10.7. The van der Waals surface area contributed by atoms with Gasteiger partial charge in [-0.05, 0) is 26.4 Å². The van der Waals surface area contributed by atoms with Crippen molar-refractivity contribution in [2.75, 3.05) is 25.5 Å². The molecule has 0 saturated carbocycles. The van der Waals surface area contributed by atoms with Crippen molar-refractivity contribution in [3.05, 3.63) is 11.1 Å². The zero-order valence-electron chi connectivity index (χ0n) is 9.14. The van der Waals surface area contributed by atoms with Crippen molar-refractivity contribution in [1.82, 2.24) is 9.88 Å². The van der Waals surface area contributed by atoms with Gasteiger partial charge < -0.3 is 15.3 Å². The molecule has 6 heteroatoms. The van der Waals surface area contributed by atoms with E-state index < -0.39 is 5.97 Å². The molecule has 1 aliphatic heterocycles. The number of likely N-dealkylation sites (N-methyl/N-ethyl adjacent to an activating group) is 1. The van der Waals surface area contributed by atoms with Crippen LogP contribution in [-0.4, -0.2) is 47.1 Å². The van der Waals surface area contributed by atoms with Crippen molar-refractivity contribution in [3.63, 3.8) is 0 Å². The van der Waals surface area contributed by atoms with Gasteiger partial charge in [-0.15, -0.1) is 0 Å². The quantitative estimate of drug-likeness (QED) is 0.836. The maximum Gasteiger partial charge on any atom is 0.347 e. The summed E-state index contributed by atoms with van der Waals surface area (Å²) in [5.41, 5.74) is 0. The zero-order chi connectivity index (χ0) is 11.5. The smallest absolute Gasteiger partial charge is 0.347 e. The fraction of sp³-hybridized carbons (Fsp3) is 0.600. The highest BCUT2D eigenvalue weighted by molar-refractivity contribution is 7.17. The van der Waals surface area contributed by atoms with Gasteiger partial charge in [-0.25, -0.2) is 9.78 Å². The highest BCUT2D eigenvalue weighted by Crippen LogP contribution is 2.21. The third-order valence-corrected chi connectivity index (χ3v) is 3.59. The lowest BCUT2D eigenvalue weighted by atomic mass is 10.1. The van der Waals surface area contributed by atoms with Gasteiger partial charge in [0.15, 0.2) is 5.13 Å². The number of nitrogens with zero attached hydrogens (tertiary/aromatic N) is 2. The molecule has 1 aromatic rings. The van der Waals surface area contributed by atoms with Crippen molar-refractivity contribution in [2.24, 2.45) is 0 Å². The second kappa shape index (κ2) is 4.80. The fourth-order valence-electron chi connectivity index (χ4n) is 1.90. The number of aromatic nitrogens is 1. The van der Waals surface area contributed by atoms with Gasteiger partial charge in [-0.3, -0.25) is 0 Å². The second-order valence-corrected chi connectivity index (χ2v) is 5.11. The van der Waals surface area contributed by atoms with Crippen LogP contribution < -0.4 is 5.32 Å². The second-order valence-electron chi connectivity index (χ2n) is 4.08. The summed E-state index contributed by atoms with van der Waals surface area (Å²) >= 11 is 1.20. The summed E-state index contributed by atoms with van der Waals surface area (Å²) < 4.78 is 0. The van der Waals surface area contributed by atoms with E-state index in [-0.39, 0.29) is 4.88 Å². The van der Waals surface area contributed by atoms with Gasteiger partial charge >= 0.3 is 5.97 Å². The van der Waals surface area contributed by atoms with E-state index in [0.29, 0.717) is 11.2 Å². The fourth-order valence-corrected chi connectivity index (χ4v) is 2.63. The molecule has 0 bridgehead atoms. The SMILES string of the molecule is CN1CCCC(Nc2ncc(C(=O)O)s2)C1. The molecule has 1 unspecified atom stereocenters. The van der Waals surface area contributed by atoms with Crippen LogP contribution in [0.15, 0.2) is 6.20 Å². The molecule has 88 valence electrons. The van der Waals surface area contributed by atoms with Crippen LogP contribution in [0.3, 0.4) is 0 Å². The molecule has 0 spiro atoms. The average Bonchev–Trinajstić information content (AvgIpc) is 2.66. The Morgan fingerprint density at radius 2 is 2.56 bits per heavy atom. The number of aromatic carboxylic acids is 1. The molecule has 16 heavy (non-hydrogen) atoms. The first-order chi connectivity index (χ1) is 7.65. The number of anilines is 1. The Morgan fingerprint density at radius 3 is 3.19 bits per heavy atom. The van der Waals surface area contributed by atoms with E-state index in [0.717, 1.165) is 19.5 Å². The summed E-state index contributed by atoms with van der Waals surface area (Å²) in [7, 11) is 2.10. The molecular weight excluding hydrogens is 226 g/mol. The van der Waals surface area contributed by atoms with Gasteiger partial charge in [-0.1, -0.05) is 11.3 Å².